The first kappa shape index (κ1) is 20.9. The van der Waals surface area contributed by atoms with Crippen molar-refractivity contribution >= 4 is 23.2 Å². The number of methoxy groups -OCH3 is 1. The second-order valence-electron chi connectivity index (χ2n) is 7.20. The van der Waals surface area contributed by atoms with E-state index >= 15 is 0 Å². The number of hydrogen-bond acceptors (Lipinski definition) is 1. The van der Waals surface area contributed by atoms with Crippen molar-refractivity contribution in [2.45, 2.75) is 26.6 Å². The average Bonchev–Trinajstić information content (AvgIpc) is 3.08. The lowest BCUT2D eigenvalue weighted by atomic mass is 10.1. The number of quaternary nitrogens is 1. The third kappa shape index (κ3) is 5.86. The molecule has 28 heavy (non-hydrogen) atoms. The Morgan fingerprint density at radius 1 is 1.00 bits per heavy atom. The summed E-state index contributed by atoms with van der Waals surface area (Å²) in [6, 6.07) is 18.7. The predicted octanol–water partition coefficient (Wildman–Crippen LogP) is 4.38. The van der Waals surface area contributed by atoms with Crippen LogP contribution < -0.4 is 4.90 Å². The van der Waals surface area contributed by atoms with E-state index in [0.717, 1.165) is 36.8 Å². The third-order valence-electron chi connectivity index (χ3n) is 4.91. The number of ether oxygens (including phenoxy) is 1. The first-order valence-corrected chi connectivity index (χ1v) is 10.3. The van der Waals surface area contributed by atoms with Crippen molar-refractivity contribution in [3.05, 3.63) is 93.2 Å². The monoisotopic (exact) mass is 417 g/mol. The minimum absolute atomic E-state index is 0.666. The fourth-order valence-corrected chi connectivity index (χ4v) is 3.92. The number of aromatic nitrogens is 1. The van der Waals surface area contributed by atoms with Gasteiger partial charge in [-0.2, -0.15) is 0 Å². The second kappa shape index (κ2) is 10.1. The summed E-state index contributed by atoms with van der Waals surface area (Å²) in [6.07, 6.45) is 2.15. The Bertz CT molecular complexity index is 907. The molecule has 1 N–H and O–H groups in total. The Morgan fingerprint density at radius 2 is 1.86 bits per heavy atom. The molecule has 1 atom stereocenters. The number of nitrogens with zero attached hydrogens (tertiary/aromatic N) is 1. The maximum atomic E-state index is 6.41. The first-order valence-electron chi connectivity index (χ1n) is 9.51. The summed E-state index contributed by atoms with van der Waals surface area (Å²) < 4.78 is 7.66. The van der Waals surface area contributed by atoms with E-state index in [9.17, 15) is 0 Å². The molecule has 148 valence electrons. The highest BCUT2D eigenvalue weighted by molar-refractivity contribution is 6.35. The van der Waals surface area contributed by atoms with E-state index in [1.54, 1.807) is 7.11 Å². The molecule has 0 fully saturated rings. The summed E-state index contributed by atoms with van der Waals surface area (Å²) in [7, 11) is 1.74. The molecule has 5 heteroatoms. The highest BCUT2D eigenvalue weighted by Gasteiger charge is 2.15. The van der Waals surface area contributed by atoms with Crippen LogP contribution in [-0.2, 0) is 24.4 Å². The van der Waals surface area contributed by atoms with Gasteiger partial charge in [-0.05, 0) is 36.8 Å². The quantitative estimate of drug-likeness (QED) is 0.546. The van der Waals surface area contributed by atoms with Crippen LogP contribution in [0.4, 0.5) is 0 Å². The van der Waals surface area contributed by atoms with Crippen molar-refractivity contribution in [3.8, 4) is 0 Å². The van der Waals surface area contributed by atoms with E-state index in [1.807, 2.05) is 18.2 Å². The van der Waals surface area contributed by atoms with Crippen molar-refractivity contribution in [1.29, 1.82) is 0 Å². The third-order valence-corrected chi connectivity index (χ3v) is 5.49. The van der Waals surface area contributed by atoms with Crippen LogP contribution >= 0.6 is 23.2 Å². The van der Waals surface area contributed by atoms with Gasteiger partial charge in [-0.3, -0.25) is 0 Å². The summed E-state index contributed by atoms with van der Waals surface area (Å²) in [5, 5.41) is 1.39. The van der Waals surface area contributed by atoms with E-state index in [4.69, 9.17) is 27.9 Å². The SMILES string of the molecule is COCC[NH+](Cc1ccc(Cl)cc1Cl)Cc1cccn1Cc1cccc(C)c1. The molecule has 0 radical (unpaired) electrons. The normalized spacial score (nSPS) is 12.3. The smallest absolute Gasteiger partial charge is 0.118 e. The summed E-state index contributed by atoms with van der Waals surface area (Å²) in [6.45, 7) is 6.36. The Labute approximate surface area is 177 Å². The molecule has 3 rings (SSSR count). The molecule has 0 bridgehead atoms. The molecule has 0 saturated carbocycles. The molecule has 1 aromatic heterocycles. The number of rotatable bonds is 9. The lowest BCUT2D eigenvalue weighted by Gasteiger charge is -2.21. The number of aryl methyl sites for hydroxylation is 1. The van der Waals surface area contributed by atoms with Crippen LogP contribution in [0.5, 0.6) is 0 Å². The zero-order chi connectivity index (χ0) is 19.9. The van der Waals surface area contributed by atoms with Crippen LogP contribution in [0.15, 0.2) is 60.8 Å². The number of nitrogens with one attached hydrogen (secondary N) is 1. The molecule has 0 aliphatic heterocycles. The zero-order valence-corrected chi connectivity index (χ0v) is 17.9. The van der Waals surface area contributed by atoms with Crippen molar-refractivity contribution in [2.75, 3.05) is 20.3 Å². The highest BCUT2D eigenvalue weighted by atomic mass is 35.5. The van der Waals surface area contributed by atoms with Crippen molar-refractivity contribution < 1.29 is 9.64 Å². The molecule has 0 saturated heterocycles. The highest BCUT2D eigenvalue weighted by Crippen LogP contribution is 2.20. The van der Waals surface area contributed by atoms with E-state index in [-0.39, 0.29) is 0 Å². The van der Waals surface area contributed by atoms with E-state index < -0.39 is 0 Å². The van der Waals surface area contributed by atoms with Crippen LogP contribution in [0, 0.1) is 6.92 Å². The largest absolute Gasteiger partial charge is 0.379 e. The summed E-state index contributed by atoms with van der Waals surface area (Å²) in [5.41, 5.74) is 5.01. The van der Waals surface area contributed by atoms with Gasteiger partial charge in [0.05, 0.1) is 17.3 Å². The van der Waals surface area contributed by atoms with Gasteiger partial charge in [0.1, 0.15) is 19.6 Å². The molecule has 0 spiro atoms. The summed E-state index contributed by atoms with van der Waals surface area (Å²) in [4.78, 5) is 1.40. The minimum Gasteiger partial charge on any atom is -0.379 e. The molecule has 0 amide bonds. The lowest BCUT2D eigenvalue weighted by molar-refractivity contribution is -0.928. The maximum absolute atomic E-state index is 6.41. The van der Waals surface area contributed by atoms with Gasteiger partial charge in [0.25, 0.3) is 0 Å². The van der Waals surface area contributed by atoms with Gasteiger partial charge < -0.3 is 14.2 Å². The molecule has 0 aliphatic carbocycles. The zero-order valence-electron chi connectivity index (χ0n) is 16.4. The molecule has 3 nitrogen and oxygen atoms in total. The van der Waals surface area contributed by atoms with Gasteiger partial charge in [0.2, 0.25) is 0 Å². The van der Waals surface area contributed by atoms with E-state index in [0.29, 0.717) is 11.6 Å². The van der Waals surface area contributed by atoms with Gasteiger partial charge in [0, 0.05) is 30.4 Å². The van der Waals surface area contributed by atoms with Crippen LogP contribution in [-0.4, -0.2) is 24.8 Å². The Kier molecular flexibility index (Phi) is 7.57. The van der Waals surface area contributed by atoms with Gasteiger partial charge in [-0.25, -0.2) is 0 Å². The molecular formula is C23H27Cl2N2O+. The molecular weight excluding hydrogens is 391 g/mol. The Hall–Kier alpha value is -1.78. The predicted molar refractivity (Wildman–Crippen MR) is 116 cm³/mol. The summed E-state index contributed by atoms with van der Waals surface area (Å²) >= 11 is 12.5. The number of benzene rings is 2. The Morgan fingerprint density at radius 3 is 2.61 bits per heavy atom. The van der Waals surface area contributed by atoms with Crippen LogP contribution in [0.1, 0.15) is 22.4 Å². The molecule has 1 heterocycles. The average molecular weight is 418 g/mol. The fourth-order valence-electron chi connectivity index (χ4n) is 3.45. The van der Waals surface area contributed by atoms with Gasteiger partial charge in [-0.15, -0.1) is 0 Å². The van der Waals surface area contributed by atoms with Crippen LogP contribution in [0.3, 0.4) is 0 Å². The standard InChI is InChI=1S/C23H26Cl2N2O/c1-18-5-3-6-19(13-18)15-27-10-4-7-22(27)17-26(11-12-28-2)16-20-8-9-21(24)14-23(20)25/h3-10,13-14H,11-12,15-17H2,1-2H3/p+1. The molecule has 0 aliphatic rings. The van der Waals surface area contributed by atoms with Crippen molar-refractivity contribution in [1.82, 2.24) is 4.57 Å². The fraction of sp³-hybridized carbons (Fsp3) is 0.304. The van der Waals surface area contributed by atoms with Crippen molar-refractivity contribution in [3.63, 3.8) is 0 Å². The Balaban J connectivity index is 1.75. The van der Waals surface area contributed by atoms with Crippen LogP contribution in [0.25, 0.3) is 0 Å². The topological polar surface area (TPSA) is 18.6 Å². The number of hydrogen-bond donors (Lipinski definition) is 1. The van der Waals surface area contributed by atoms with Gasteiger partial charge >= 0.3 is 0 Å². The van der Waals surface area contributed by atoms with Gasteiger partial charge in [0.15, 0.2) is 0 Å². The van der Waals surface area contributed by atoms with Crippen molar-refractivity contribution in [2.24, 2.45) is 0 Å². The molecule has 3 aromatic rings. The van der Waals surface area contributed by atoms with E-state index in [2.05, 4.69) is 54.1 Å². The first-order chi connectivity index (χ1) is 13.5. The van der Waals surface area contributed by atoms with Gasteiger partial charge in [-0.1, -0.05) is 59.1 Å². The second-order valence-corrected chi connectivity index (χ2v) is 8.04. The van der Waals surface area contributed by atoms with Crippen LogP contribution in [0.2, 0.25) is 10.0 Å². The lowest BCUT2D eigenvalue weighted by Crippen LogP contribution is -3.10. The molecule has 2 aromatic carbocycles. The van der Waals surface area contributed by atoms with E-state index in [1.165, 1.54) is 21.7 Å². The number of halogens is 2. The molecule has 1 unspecified atom stereocenters. The summed E-state index contributed by atoms with van der Waals surface area (Å²) in [5.74, 6) is 0. The minimum atomic E-state index is 0.666. The maximum Gasteiger partial charge on any atom is 0.118 e.